The third-order valence-corrected chi connectivity index (χ3v) is 6.35. The number of nitrogens with zero attached hydrogens (tertiary/aromatic N) is 1. The first-order valence-corrected chi connectivity index (χ1v) is 10.9. The second kappa shape index (κ2) is 8.29. The number of rotatable bonds is 4. The number of H-pyrrole nitrogens is 1. The number of carbonyl (C=O) groups is 2. The summed E-state index contributed by atoms with van der Waals surface area (Å²) in [7, 11) is 0. The van der Waals surface area contributed by atoms with Crippen molar-refractivity contribution in [1.29, 1.82) is 0 Å². The molecule has 164 valence electrons. The second-order valence-electron chi connectivity index (χ2n) is 7.47. The molecule has 0 aliphatic heterocycles. The maximum absolute atomic E-state index is 12.5. The number of fused-ring (bicyclic) bond motifs is 2. The van der Waals surface area contributed by atoms with E-state index in [2.05, 4.69) is 33.0 Å². The Morgan fingerprint density at radius 2 is 1.79 bits per heavy atom. The van der Waals surface area contributed by atoms with Crippen LogP contribution in [-0.2, 0) is 16.1 Å². The number of nitrogens with one attached hydrogen (secondary N) is 3. The van der Waals surface area contributed by atoms with Gasteiger partial charge < -0.3 is 20.8 Å². The number of phenolic OH excluding ortho intramolecular Hbond substituents is 2. The van der Waals surface area contributed by atoms with Gasteiger partial charge in [-0.15, -0.1) is 11.3 Å². The van der Waals surface area contributed by atoms with E-state index in [0.717, 1.165) is 31.4 Å². The molecule has 0 aliphatic rings. The van der Waals surface area contributed by atoms with E-state index in [1.165, 1.54) is 18.2 Å². The van der Waals surface area contributed by atoms with E-state index in [1.54, 1.807) is 23.6 Å². The number of aromatic hydroxyl groups is 2. The van der Waals surface area contributed by atoms with Gasteiger partial charge in [-0.25, -0.2) is 0 Å². The van der Waals surface area contributed by atoms with Crippen molar-refractivity contribution >= 4 is 49.8 Å². The van der Waals surface area contributed by atoms with Crippen LogP contribution in [0, 0.1) is 0 Å². The summed E-state index contributed by atoms with van der Waals surface area (Å²) in [5, 5.41) is 33.1. The summed E-state index contributed by atoms with van der Waals surface area (Å²) < 4.78 is 1.15. The van der Waals surface area contributed by atoms with Crippen molar-refractivity contribution in [2.75, 3.05) is 5.32 Å². The minimum atomic E-state index is -0.821. The summed E-state index contributed by atoms with van der Waals surface area (Å²) in [5.41, 5.74) is 2.73. The molecule has 33 heavy (non-hydrogen) atoms. The summed E-state index contributed by atoms with van der Waals surface area (Å²) in [6, 6.07) is 17.9. The van der Waals surface area contributed by atoms with Gasteiger partial charge in [0, 0.05) is 32.8 Å². The monoisotopic (exact) mass is 458 g/mol. The summed E-state index contributed by atoms with van der Waals surface area (Å²) >= 11 is 1.63. The van der Waals surface area contributed by atoms with Crippen molar-refractivity contribution in [3.05, 3.63) is 72.4 Å². The van der Waals surface area contributed by atoms with Gasteiger partial charge in [0.2, 0.25) is 0 Å². The highest BCUT2D eigenvalue weighted by Crippen LogP contribution is 2.38. The van der Waals surface area contributed by atoms with E-state index in [1.807, 2.05) is 24.3 Å². The number of hydrogen-bond acceptors (Lipinski definition) is 6. The lowest BCUT2D eigenvalue weighted by molar-refractivity contribution is -0.136. The molecule has 0 fully saturated rings. The fourth-order valence-electron chi connectivity index (χ4n) is 3.57. The SMILES string of the molecule is O=C(NCc1ccc(O)c(O)c1)C(=O)Nc1cc(-c2cc3ccccc3s2)c2[nH]ncc2c1. The molecular formula is C24H18N4O4S. The zero-order chi connectivity index (χ0) is 22.9. The number of amides is 2. The first-order valence-electron chi connectivity index (χ1n) is 10.0. The van der Waals surface area contributed by atoms with Crippen LogP contribution in [0.4, 0.5) is 5.69 Å². The van der Waals surface area contributed by atoms with Gasteiger partial charge in [0.15, 0.2) is 11.5 Å². The zero-order valence-electron chi connectivity index (χ0n) is 17.1. The summed E-state index contributed by atoms with van der Waals surface area (Å²) in [5.74, 6) is -2.19. The number of anilines is 1. The molecule has 8 nitrogen and oxygen atoms in total. The first-order chi connectivity index (χ1) is 16.0. The molecule has 9 heteroatoms. The molecule has 2 aromatic heterocycles. The Balaban J connectivity index is 1.36. The van der Waals surface area contributed by atoms with Gasteiger partial charge in [-0.3, -0.25) is 14.7 Å². The third-order valence-electron chi connectivity index (χ3n) is 5.20. The molecule has 5 rings (SSSR count). The minimum absolute atomic E-state index is 0.0217. The quantitative estimate of drug-likeness (QED) is 0.205. The van der Waals surface area contributed by atoms with E-state index in [4.69, 9.17) is 0 Å². The van der Waals surface area contributed by atoms with Crippen molar-refractivity contribution in [3.63, 3.8) is 0 Å². The fraction of sp³-hybridized carbons (Fsp3) is 0.0417. The van der Waals surface area contributed by atoms with Crippen LogP contribution in [0.5, 0.6) is 11.5 Å². The zero-order valence-corrected chi connectivity index (χ0v) is 17.9. The normalized spacial score (nSPS) is 11.0. The second-order valence-corrected chi connectivity index (χ2v) is 8.55. The number of hydrogen-bond donors (Lipinski definition) is 5. The maximum Gasteiger partial charge on any atom is 0.313 e. The van der Waals surface area contributed by atoms with Gasteiger partial charge in [0.1, 0.15) is 0 Å². The van der Waals surface area contributed by atoms with Crippen molar-refractivity contribution in [3.8, 4) is 21.9 Å². The minimum Gasteiger partial charge on any atom is -0.504 e. The first kappa shape index (κ1) is 20.5. The third kappa shape index (κ3) is 4.09. The van der Waals surface area contributed by atoms with E-state index in [0.29, 0.717) is 11.3 Å². The number of aromatic nitrogens is 2. The highest BCUT2D eigenvalue weighted by molar-refractivity contribution is 7.22. The smallest absolute Gasteiger partial charge is 0.313 e. The molecule has 0 unspecified atom stereocenters. The van der Waals surface area contributed by atoms with Crippen LogP contribution in [0.25, 0.3) is 31.4 Å². The van der Waals surface area contributed by atoms with Gasteiger partial charge in [0.05, 0.1) is 11.7 Å². The van der Waals surface area contributed by atoms with Crippen LogP contribution >= 0.6 is 11.3 Å². The molecule has 0 atom stereocenters. The van der Waals surface area contributed by atoms with Gasteiger partial charge >= 0.3 is 11.8 Å². The Kier molecular flexibility index (Phi) is 5.15. The lowest BCUT2D eigenvalue weighted by atomic mass is 10.1. The Morgan fingerprint density at radius 1 is 0.939 bits per heavy atom. The average Bonchev–Trinajstić information content (AvgIpc) is 3.46. The molecule has 0 bridgehead atoms. The van der Waals surface area contributed by atoms with E-state index >= 15 is 0 Å². The predicted octanol–water partition coefficient (Wildman–Crippen LogP) is 4.11. The van der Waals surface area contributed by atoms with E-state index in [-0.39, 0.29) is 18.0 Å². The van der Waals surface area contributed by atoms with Crippen molar-refractivity contribution in [2.45, 2.75) is 6.54 Å². The Hall–Kier alpha value is -4.37. The molecule has 0 aliphatic carbocycles. The highest BCUT2D eigenvalue weighted by atomic mass is 32.1. The molecule has 0 spiro atoms. The Bertz CT molecular complexity index is 1490. The molecule has 5 N–H and O–H groups in total. The number of phenols is 2. The van der Waals surface area contributed by atoms with E-state index in [9.17, 15) is 19.8 Å². The molecule has 0 radical (unpaired) electrons. The molecule has 0 saturated carbocycles. The number of benzene rings is 3. The van der Waals surface area contributed by atoms with E-state index < -0.39 is 11.8 Å². The largest absolute Gasteiger partial charge is 0.504 e. The van der Waals surface area contributed by atoms with Crippen LogP contribution in [0.2, 0.25) is 0 Å². The lowest BCUT2D eigenvalue weighted by Gasteiger charge is -2.09. The molecule has 0 saturated heterocycles. The van der Waals surface area contributed by atoms with Gasteiger partial charge in [-0.2, -0.15) is 5.10 Å². The lowest BCUT2D eigenvalue weighted by Crippen LogP contribution is -2.34. The van der Waals surface area contributed by atoms with Gasteiger partial charge in [0.25, 0.3) is 0 Å². The molecule has 2 heterocycles. The summed E-state index contributed by atoms with van der Waals surface area (Å²) in [6.07, 6.45) is 1.67. The summed E-state index contributed by atoms with van der Waals surface area (Å²) in [4.78, 5) is 25.8. The predicted molar refractivity (Wildman–Crippen MR) is 127 cm³/mol. The Morgan fingerprint density at radius 3 is 2.61 bits per heavy atom. The maximum atomic E-state index is 12.5. The molecular weight excluding hydrogens is 440 g/mol. The number of thiophene rings is 1. The molecule has 2 amide bonds. The van der Waals surface area contributed by atoms with Gasteiger partial charge in [-0.05, 0) is 47.3 Å². The van der Waals surface area contributed by atoms with Crippen molar-refractivity contribution in [2.24, 2.45) is 0 Å². The van der Waals surface area contributed by atoms with Crippen LogP contribution < -0.4 is 10.6 Å². The molecule has 5 aromatic rings. The topological polar surface area (TPSA) is 127 Å². The van der Waals surface area contributed by atoms with Crippen molar-refractivity contribution in [1.82, 2.24) is 15.5 Å². The Labute approximate surface area is 191 Å². The fourth-order valence-corrected chi connectivity index (χ4v) is 4.65. The summed E-state index contributed by atoms with van der Waals surface area (Å²) in [6.45, 7) is 0.0217. The van der Waals surface area contributed by atoms with Crippen molar-refractivity contribution < 1.29 is 19.8 Å². The van der Waals surface area contributed by atoms with Crippen LogP contribution in [0.15, 0.2) is 66.9 Å². The average molecular weight is 458 g/mol. The standard InChI is InChI=1S/C24H18N4O4S/c29-18-6-5-13(7-19(18)30)11-25-23(31)24(32)27-16-8-15-12-26-28-22(15)17(10-16)21-9-14-3-1-2-4-20(14)33-21/h1-10,12,29-30H,11H2,(H,25,31)(H,26,28)(H,27,32). The van der Waals surface area contributed by atoms with Crippen LogP contribution in [0.1, 0.15) is 5.56 Å². The number of carbonyl (C=O) groups excluding carboxylic acids is 2. The molecule has 3 aromatic carbocycles. The highest BCUT2D eigenvalue weighted by Gasteiger charge is 2.17. The van der Waals surface area contributed by atoms with Crippen LogP contribution in [0.3, 0.4) is 0 Å². The van der Waals surface area contributed by atoms with Crippen LogP contribution in [-0.4, -0.2) is 32.2 Å². The number of aromatic amines is 1. The van der Waals surface area contributed by atoms with Gasteiger partial charge in [-0.1, -0.05) is 24.3 Å².